The molecule has 1 unspecified atom stereocenters. The van der Waals surface area contributed by atoms with Crippen molar-refractivity contribution in [2.75, 3.05) is 18.9 Å². The Kier molecular flexibility index (Phi) is 5.45. The number of hydrogen-bond donors (Lipinski definition) is 3. The second-order valence-electron chi connectivity index (χ2n) is 4.49. The third-order valence-electron chi connectivity index (χ3n) is 2.69. The summed E-state index contributed by atoms with van der Waals surface area (Å²) in [5.74, 6) is -2.06. The maximum absolute atomic E-state index is 13.6. The number of anilines is 1. The molecule has 20 heavy (non-hydrogen) atoms. The molecule has 0 radical (unpaired) electrons. The lowest BCUT2D eigenvalue weighted by Gasteiger charge is -2.19. The first-order valence-corrected chi connectivity index (χ1v) is 6.04. The van der Waals surface area contributed by atoms with Gasteiger partial charge in [0.25, 0.3) is 0 Å². The van der Waals surface area contributed by atoms with E-state index in [9.17, 15) is 14.0 Å². The molecule has 0 aliphatic carbocycles. The van der Waals surface area contributed by atoms with Crippen LogP contribution < -0.4 is 5.32 Å². The van der Waals surface area contributed by atoms with Gasteiger partial charge in [-0.25, -0.2) is 14.0 Å². The zero-order valence-corrected chi connectivity index (χ0v) is 11.3. The van der Waals surface area contributed by atoms with Crippen molar-refractivity contribution in [3.8, 4) is 0 Å². The lowest BCUT2D eigenvalue weighted by Crippen LogP contribution is -2.33. The van der Waals surface area contributed by atoms with E-state index in [4.69, 9.17) is 10.2 Å². The van der Waals surface area contributed by atoms with Crippen molar-refractivity contribution >= 4 is 17.7 Å². The Morgan fingerprint density at radius 3 is 2.60 bits per heavy atom. The number of aliphatic hydroxyl groups excluding tert-OH is 1. The van der Waals surface area contributed by atoms with Crippen LogP contribution in [0.25, 0.3) is 0 Å². The standard InChI is InChI=1S/C13H17FN2O4/c1-8(17)5-6-16(2)13(20)15-11-4-3-9(12(18)19)7-10(11)14/h3-4,7-8,17H,5-6H2,1-2H3,(H,15,20)(H,18,19). The predicted molar refractivity (Wildman–Crippen MR) is 71.3 cm³/mol. The SMILES string of the molecule is CC(O)CCN(C)C(=O)Nc1ccc(C(=O)O)cc1F. The fourth-order valence-electron chi connectivity index (χ4n) is 1.44. The van der Waals surface area contributed by atoms with E-state index in [1.54, 1.807) is 6.92 Å². The lowest BCUT2D eigenvalue weighted by molar-refractivity contribution is 0.0696. The van der Waals surface area contributed by atoms with Crippen LogP contribution >= 0.6 is 0 Å². The molecule has 0 spiro atoms. The van der Waals surface area contributed by atoms with Crippen LogP contribution in [0.15, 0.2) is 18.2 Å². The average Bonchev–Trinajstić information content (AvgIpc) is 2.37. The average molecular weight is 284 g/mol. The number of carbonyl (C=O) groups excluding carboxylic acids is 1. The van der Waals surface area contributed by atoms with Crippen molar-refractivity contribution in [2.24, 2.45) is 0 Å². The number of benzene rings is 1. The smallest absolute Gasteiger partial charge is 0.335 e. The minimum Gasteiger partial charge on any atom is -0.478 e. The van der Waals surface area contributed by atoms with E-state index in [1.165, 1.54) is 24.1 Å². The Labute approximate surface area is 115 Å². The highest BCUT2D eigenvalue weighted by Gasteiger charge is 2.13. The van der Waals surface area contributed by atoms with Gasteiger partial charge < -0.3 is 20.4 Å². The molecule has 3 N–H and O–H groups in total. The molecule has 0 saturated heterocycles. The second-order valence-corrected chi connectivity index (χ2v) is 4.49. The van der Waals surface area contributed by atoms with Crippen molar-refractivity contribution in [1.29, 1.82) is 0 Å². The molecular weight excluding hydrogens is 267 g/mol. The minimum absolute atomic E-state index is 0.0936. The molecule has 6 nitrogen and oxygen atoms in total. The molecule has 0 fully saturated rings. The Balaban J connectivity index is 2.68. The van der Waals surface area contributed by atoms with Crippen LogP contribution in [-0.2, 0) is 0 Å². The highest BCUT2D eigenvalue weighted by atomic mass is 19.1. The fourth-order valence-corrected chi connectivity index (χ4v) is 1.44. The molecule has 110 valence electrons. The van der Waals surface area contributed by atoms with Gasteiger partial charge in [-0.1, -0.05) is 0 Å². The summed E-state index contributed by atoms with van der Waals surface area (Å²) in [6.07, 6.45) is -0.124. The van der Waals surface area contributed by atoms with E-state index in [0.29, 0.717) is 13.0 Å². The third-order valence-corrected chi connectivity index (χ3v) is 2.69. The largest absolute Gasteiger partial charge is 0.478 e. The molecule has 0 aliphatic rings. The Bertz CT molecular complexity index is 505. The van der Waals surface area contributed by atoms with Gasteiger partial charge in [0.2, 0.25) is 0 Å². The van der Waals surface area contributed by atoms with Gasteiger partial charge in [-0.05, 0) is 31.5 Å². The van der Waals surface area contributed by atoms with E-state index < -0.39 is 23.9 Å². The Morgan fingerprint density at radius 1 is 1.45 bits per heavy atom. The predicted octanol–water partition coefficient (Wildman–Crippen LogP) is 1.76. The van der Waals surface area contributed by atoms with Crippen LogP contribution in [0.4, 0.5) is 14.9 Å². The number of aromatic carboxylic acids is 1. The molecule has 1 aromatic carbocycles. The van der Waals surface area contributed by atoms with Crippen LogP contribution in [0.3, 0.4) is 0 Å². The number of carboxylic acid groups (broad SMARTS) is 1. The van der Waals surface area contributed by atoms with Gasteiger partial charge >= 0.3 is 12.0 Å². The molecule has 0 heterocycles. The molecule has 0 aromatic heterocycles. The Morgan fingerprint density at radius 2 is 2.10 bits per heavy atom. The van der Waals surface area contributed by atoms with Gasteiger partial charge in [-0.3, -0.25) is 0 Å². The van der Waals surface area contributed by atoms with Crippen molar-refractivity contribution in [3.05, 3.63) is 29.6 Å². The zero-order chi connectivity index (χ0) is 15.3. The number of rotatable bonds is 5. The number of amides is 2. The summed E-state index contributed by atoms with van der Waals surface area (Å²) in [6.45, 7) is 1.92. The number of hydrogen-bond acceptors (Lipinski definition) is 3. The van der Waals surface area contributed by atoms with Gasteiger partial charge in [0.05, 0.1) is 17.4 Å². The zero-order valence-electron chi connectivity index (χ0n) is 11.3. The topological polar surface area (TPSA) is 89.9 Å². The van der Waals surface area contributed by atoms with Crippen LogP contribution in [-0.4, -0.2) is 46.8 Å². The van der Waals surface area contributed by atoms with E-state index in [2.05, 4.69) is 5.32 Å². The minimum atomic E-state index is -1.24. The van der Waals surface area contributed by atoms with Crippen LogP contribution in [0, 0.1) is 5.82 Å². The highest BCUT2D eigenvalue weighted by Crippen LogP contribution is 2.16. The number of carboxylic acids is 1. The molecule has 2 amide bonds. The van der Waals surface area contributed by atoms with Gasteiger partial charge in [-0.2, -0.15) is 0 Å². The van der Waals surface area contributed by atoms with Crippen molar-refractivity contribution in [2.45, 2.75) is 19.4 Å². The molecule has 0 aliphatic heterocycles. The summed E-state index contributed by atoms with van der Waals surface area (Å²) < 4.78 is 13.6. The molecule has 0 saturated carbocycles. The monoisotopic (exact) mass is 284 g/mol. The van der Waals surface area contributed by atoms with E-state index >= 15 is 0 Å². The number of aliphatic hydroxyl groups is 1. The van der Waals surface area contributed by atoms with E-state index in [-0.39, 0.29) is 11.3 Å². The van der Waals surface area contributed by atoms with Crippen LogP contribution in [0.5, 0.6) is 0 Å². The Hall–Kier alpha value is -2.15. The normalized spacial score (nSPS) is 11.8. The first-order chi connectivity index (χ1) is 9.31. The molecular formula is C13H17FN2O4. The maximum atomic E-state index is 13.6. The summed E-state index contributed by atoms with van der Waals surface area (Å²) in [5.41, 5.74) is -0.285. The molecule has 1 rings (SSSR count). The number of halogens is 1. The molecule has 1 atom stereocenters. The summed E-state index contributed by atoms with van der Waals surface area (Å²) in [6, 6.07) is 2.71. The highest BCUT2D eigenvalue weighted by molar-refractivity contribution is 5.91. The first kappa shape index (κ1) is 15.9. The second kappa shape index (κ2) is 6.85. The van der Waals surface area contributed by atoms with E-state index in [1.807, 2.05) is 0 Å². The fraction of sp³-hybridized carbons (Fsp3) is 0.385. The first-order valence-electron chi connectivity index (χ1n) is 6.04. The summed E-state index contributed by atoms with van der Waals surface area (Å²) >= 11 is 0. The number of carbonyl (C=O) groups is 2. The van der Waals surface area contributed by atoms with Gasteiger partial charge in [0, 0.05) is 13.6 Å². The summed E-state index contributed by atoms with van der Waals surface area (Å²) in [7, 11) is 1.52. The van der Waals surface area contributed by atoms with Crippen molar-refractivity contribution < 1.29 is 24.2 Å². The van der Waals surface area contributed by atoms with Crippen molar-refractivity contribution in [1.82, 2.24) is 4.90 Å². The number of nitrogens with one attached hydrogen (secondary N) is 1. The molecule has 1 aromatic rings. The third kappa shape index (κ3) is 4.51. The van der Waals surface area contributed by atoms with E-state index in [0.717, 1.165) is 6.07 Å². The molecule has 7 heteroatoms. The number of nitrogens with zero attached hydrogens (tertiary/aromatic N) is 1. The molecule has 0 bridgehead atoms. The summed E-state index contributed by atoms with van der Waals surface area (Å²) in [5, 5.41) is 20.2. The maximum Gasteiger partial charge on any atom is 0.335 e. The lowest BCUT2D eigenvalue weighted by atomic mass is 10.2. The van der Waals surface area contributed by atoms with Crippen molar-refractivity contribution in [3.63, 3.8) is 0 Å². The van der Waals surface area contributed by atoms with Crippen LogP contribution in [0.1, 0.15) is 23.7 Å². The van der Waals surface area contributed by atoms with Gasteiger partial charge in [0.15, 0.2) is 0 Å². The quantitative estimate of drug-likeness (QED) is 0.768. The number of urea groups is 1. The summed E-state index contributed by atoms with van der Waals surface area (Å²) in [4.78, 5) is 23.7. The van der Waals surface area contributed by atoms with Gasteiger partial charge in [-0.15, -0.1) is 0 Å². The van der Waals surface area contributed by atoms with Crippen LogP contribution in [0.2, 0.25) is 0 Å². The van der Waals surface area contributed by atoms with Gasteiger partial charge in [0.1, 0.15) is 5.82 Å².